The predicted octanol–water partition coefficient (Wildman–Crippen LogP) is 2.96. The van der Waals surface area contributed by atoms with E-state index in [2.05, 4.69) is 49.9 Å². The van der Waals surface area contributed by atoms with Gasteiger partial charge in [0.2, 0.25) is 10.0 Å². The summed E-state index contributed by atoms with van der Waals surface area (Å²) in [5.41, 5.74) is 1.42. The van der Waals surface area contributed by atoms with Crippen molar-refractivity contribution in [3.8, 4) is 0 Å². The van der Waals surface area contributed by atoms with Crippen molar-refractivity contribution in [2.45, 2.75) is 50.2 Å². The standard InChI is InChI=1S/C23H32N4O3S/c1-31(28,29)26-22-11-14-27(23-15-24-12-13-25-23)16-20(22)17-30-21-9-7-19(8-10-21)18-5-3-2-4-6-18/h2-6,12-13,15,19-22,26H,7-11,14,16-17H2,1H3/t19?,20?,21?,22-/m0/s1. The number of aromatic nitrogens is 2. The van der Waals surface area contributed by atoms with Crippen LogP contribution in [-0.4, -0.2) is 56.5 Å². The molecule has 1 saturated heterocycles. The highest BCUT2D eigenvalue weighted by Crippen LogP contribution is 2.34. The van der Waals surface area contributed by atoms with Crippen LogP contribution in [0.25, 0.3) is 0 Å². The van der Waals surface area contributed by atoms with E-state index in [1.807, 2.05) is 0 Å². The molecule has 0 spiro atoms. The number of sulfonamides is 1. The molecule has 2 aromatic rings. The van der Waals surface area contributed by atoms with E-state index < -0.39 is 10.0 Å². The van der Waals surface area contributed by atoms with E-state index in [4.69, 9.17) is 4.74 Å². The smallest absolute Gasteiger partial charge is 0.208 e. The Bertz CT molecular complexity index is 918. The SMILES string of the molecule is CS(=O)(=O)N[C@H]1CCN(c2cnccn2)CC1COC1CCC(c2ccccc2)CC1. The summed E-state index contributed by atoms with van der Waals surface area (Å²) in [7, 11) is -3.27. The molecule has 31 heavy (non-hydrogen) atoms. The van der Waals surface area contributed by atoms with Gasteiger partial charge < -0.3 is 9.64 Å². The molecule has 1 aromatic carbocycles. The van der Waals surface area contributed by atoms with Crippen LogP contribution >= 0.6 is 0 Å². The first-order chi connectivity index (χ1) is 15.0. The van der Waals surface area contributed by atoms with E-state index in [0.29, 0.717) is 19.1 Å². The Morgan fingerprint density at radius 1 is 1.10 bits per heavy atom. The maximum absolute atomic E-state index is 11.9. The molecule has 0 amide bonds. The third kappa shape index (κ3) is 6.24. The maximum Gasteiger partial charge on any atom is 0.208 e. The Morgan fingerprint density at radius 2 is 1.87 bits per heavy atom. The van der Waals surface area contributed by atoms with Crippen molar-refractivity contribution in [1.82, 2.24) is 14.7 Å². The van der Waals surface area contributed by atoms with Gasteiger partial charge in [0.05, 0.1) is 25.2 Å². The molecule has 4 rings (SSSR count). The van der Waals surface area contributed by atoms with E-state index in [0.717, 1.165) is 44.5 Å². The first kappa shape index (κ1) is 22.2. The molecule has 2 atom stereocenters. The van der Waals surface area contributed by atoms with E-state index in [1.54, 1.807) is 18.6 Å². The van der Waals surface area contributed by atoms with Gasteiger partial charge in [0.25, 0.3) is 0 Å². The fourth-order valence-electron chi connectivity index (χ4n) is 4.84. The topological polar surface area (TPSA) is 84.4 Å². The number of rotatable bonds is 7. The van der Waals surface area contributed by atoms with Crippen molar-refractivity contribution in [3.63, 3.8) is 0 Å². The molecule has 1 aromatic heterocycles. The highest BCUT2D eigenvalue weighted by Gasteiger charge is 2.33. The summed E-state index contributed by atoms with van der Waals surface area (Å²) in [4.78, 5) is 10.7. The van der Waals surface area contributed by atoms with Gasteiger partial charge in [-0.2, -0.15) is 0 Å². The monoisotopic (exact) mass is 444 g/mol. The van der Waals surface area contributed by atoms with Crippen LogP contribution in [-0.2, 0) is 14.8 Å². The number of hydrogen-bond acceptors (Lipinski definition) is 6. The van der Waals surface area contributed by atoms with Gasteiger partial charge in [0, 0.05) is 37.4 Å². The van der Waals surface area contributed by atoms with Crippen molar-refractivity contribution in [2.24, 2.45) is 5.92 Å². The summed E-state index contributed by atoms with van der Waals surface area (Å²) in [5.74, 6) is 1.51. The Labute approximate surface area is 185 Å². The second-order valence-electron chi connectivity index (χ2n) is 8.77. The fraction of sp³-hybridized carbons (Fsp3) is 0.565. The maximum atomic E-state index is 11.9. The number of nitrogens with one attached hydrogen (secondary N) is 1. The van der Waals surface area contributed by atoms with Gasteiger partial charge >= 0.3 is 0 Å². The molecular formula is C23H32N4O3S. The minimum absolute atomic E-state index is 0.0670. The normalized spacial score (nSPS) is 27.2. The number of ether oxygens (including phenoxy) is 1. The quantitative estimate of drug-likeness (QED) is 0.707. The third-order valence-electron chi connectivity index (χ3n) is 6.46. The molecule has 1 aliphatic carbocycles. The molecule has 2 aliphatic rings. The lowest BCUT2D eigenvalue weighted by Crippen LogP contribution is -2.52. The molecule has 0 bridgehead atoms. The van der Waals surface area contributed by atoms with Crippen LogP contribution in [0.3, 0.4) is 0 Å². The van der Waals surface area contributed by atoms with Gasteiger partial charge in [-0.05, 0) is 43.6 Å². The number of hydrogen-bond donors (Lipinski definition) is 1. The average Bonchev–Trinajstić information content (AvgIpc) is 2.79. The second-order valence-corrected chi connectivity index (χ2v) is 10.6. The molecule has 8 heteroatoms. The summed E-state index contributed by atoms with van der Waals surface area (Å²) in [5, 5.41) is 0. The molecule has 1 N–H and O–H groups in total. The summed E-state index contributed by atoms with van der Waals surface area (Å²) >= 11 is 0. The zero-order valence-electron chi connectivity index (χ0n) is 18.1. The van der Waals surface area contributed by atoms with E-state index in [1.165, 1.54) is 11.8 Å². The Hall–Kier alpha value is -2.03. The summed E-state index contributed by atoms with van der Waals surface area (Å²) < 4.78 is 32.9. The van der Waals surface area contributed by atoms with Crippen molar-refractivity contribution in [3.05, 3.63) is 54.5 Å². The first-order valence-corrected chi connectivity index (χ1v) is 13.0. The summed E-state index contributed by atoms with van der Waals surface area (Å²) in [6.07, 6.45) is 11.7. The Morgan fingerprint density at radius 3 is 2.55 bits per heavy atom. The van der Waals surface area contributed by atoms with Crippen LogP contribution in [0, 0.1) is 5.92 Å². The molecule has 7 nitrogen and oxygen atoms in total. The highest BCUT2D eigenvalue weighted by atomic mass is 32.2. The van der Waals surface area contributed by atoms with Crippen LogP contribution in [0.2, 0.25) is 0 Å². The average molecular weight is 445 g/mol. The lowest BCUT2D eigenvalue weighted by Gasteiger charge is -2.39. The third-order valence-corrected chi connectivity index (χ3v) is 7.20. The van der Waals surface area contributed by atoms with E-state index >= 15 is 0 Å². The molecular weight excluding hydrogens is 412 g/mol. The van der Waals surface area contributed by atoms with Crippen LogP contribution in [0.4, 0.5) is 5.82 Å². The van der Waals surface area contributed by atoms with E-state index in [-0.39, 0.29) is 18.1 Å². The summed E-state index contributed by atoms with van der Waals surface area (Å²) in [6, 6.07) is 10.6. The van der Waals surface area contributed by atoms with E-state index in [9.17, 15) is 8.42 Å². The zero-order chi connectivity index (χ0) is 21.7. The first-order valence-electron chi connectivity index (χ1n) is 11.1. The minimum Gasteiger partial charge on any atom is -0.378 e. The zero-order valence-corrected chi connectivity index (χ0v) is 18.9. The summed E-state index contributed by atoms with van der Waals surface area (Å²) in [6.45, 7) is 1.99. The van der Waals surface area contributed by atoms with Gasteiger partial charge in [-0.15, -0.1) is 0 Å². The van der Waals surface area contributed by atoms with Crippen molar-refractivity contribution in [1.29, 1.82) is 0 Å². The van der Waals surface area contributed by atoms with Crippen molar-refractivity contribution < 1.29 is 13.2 Å². The van der Waals surface area contributed by atoms with Crippen LogP contribution in [0.15, 0.2) is 48.9 Å². The number of piperidine rings is 1. The predicted molar refractivity (Wildman–Crippen MR) is 122 cm³/mol. The van der Waals surface area contributed by atoms with Crippen molar-refractivity contribution >= 4 is 15.8 Å². The lowest BCUT2D eigenvalue weighted by atomic mass is 9.82. The molecule has 2 heterocycles. The molecule has 1 unspecified atom stereocenters. The number of nitrogens with zero attached hydrogens (tertiary/aromatic N) is 3. The van der Waals surface area contributed by atoms with Gasteiger partial charge in [-0.3, -0.25) is 4.98 Å². The number of benzene rings is 1. The van der Waals surface area contributed by atoms with Gasteiger partial charge in [0.15, 0.2) is 0 Å². The van der Waals surface area contributed by atoms with Gasteiger partial charge in [-0.25, -0.2) is 18.1 Å². The van der Waals surface area contributed by atoms with Crippen LogP contribution in [0.5, 0.6) is 0 Å². The second kappa shape index (κ2) is 10.1. The molecule has 2 fully saturated rings. The Kier molecular flexibility index (Phi) is 7.20. The largest absolute Gasteiger partial charge is 0.378 e. The molecule has 1 saturated carbocycles. The van der Waals surface area contributed by atoms with Crippen LogP contribution < -0.4 is 9.62 Å². The molecule has 1 aliphatic heterocycles. The highest BCUT2D eigenvalue weighted by molar-refractivity contribution is 7.88. The van der Waals surface area contributed by atoms with Gasteiger partial charge in [-0.1, -0.05) is 30.3 Å². The van der Waals surface area contributed by atoms with Gasteiger partial charge in [0.1, 0.15) is 5.82 Å². The minimum atomic E-state index is -3.27. The number of anilines is 1. The molecule has 168 valence electrons. The Balaban J connectivity index is 1.34. The van der Waals surface area contributed by atoms with Crippen LogP contribution in [0.1, 0.15) is 43.6 Å². The van der Waals surface area contributed by atoms with Crippen molar-refractivity contribution in [2.75, 3.05) is 30.9 Å². The molecule has 0 radical (unpaired) electrons. The lowest BCUT2D eigenvalue weighted by molar-refractivity contribution is -0.00214. The fourth-order valence-corrected chi connectivity index (χ4v) is 5.70.